The van der Waals surface area contributed by atoms with Crippen molar-refractivity contribution in [1.82, 2.24) is 4.90 Å². The zero-order valence-corrected chi connectivity index (χ0v) is 13.6. The Bertz CT molecular complexity index is 629. The molecule has 3 aliphatic rings. The summed E-state index contributed by atoms with van der Waals surface area (Å²) < 4.78 is 16.5. The smallest absolute Gasteiger partial charge is 0.246 e. The average molecular weight is 333 g/mol. The summed E-state index contributed by atoms with van der Waals surface area (Å²) in [4.78, 5) is 14.2. The monoisotopic (exact) mass is 333 g/mol. The molecule has 3 aliphatic heterocycles. The molecule has 1 spiro atoms. The summed E-state index contributed by atoms with van der Waals surface area (Å²) in [5.41, 5.74) is 0.936. The number of thioether (sulfide) groups is 1. The second-order valence-electron chi connectivity index (χ2n) is 5.88. The molecule has 3 heterocycles. The number of ether oxygens (including phenoxy) is 3. The van der Waals surface area contributed by atoms with Crippen molar-refractivity contribution in [2.45, 2.75) is 17.8 Å². The molecule has 5 nitrogen and oxygen atoms in total. The minimum absolute atomic E-state index is 0.0299. The fourth-order valence-corrected chi connectivity index (χ4v) is 4.32. The molecule has 23 heavy (non-hydrogen) atoms. The van der Waals surface area contributed by atoms with Gasteiger partial charge in [0, 0.05) is 37.8 Å². The molecule has 1 aromatic rings. The molecule has 0 aromatic heterocycles. The van der Waals surface area contributed by atoms with Crippen LogP contribution >= 0.6 is 11.8 Å². The van der Waals surface area contributed by atoms with Gasteiger partial charge in [0.05, 0.1) is 6.61 Å². The number of likely N-dealkylation sites (tertiary alicyclic amines) is 1. The molecular weight excluding hydrogens is 314 g/mol. The Morgan fingerprint density at radius 3 is 2.83 bits per heavy atom. The highest BCUT2D eigenvalue weighted by atomic mass is 32.2. The van der Waals surface area contributed by atoms with Crippen LogP contribution < -0.4 is 9.47 Å². The van der Waals surface area contributed by atoms with Gasteiger partial charge >= 0.3 is 0 Å². The Morgan fingerprint density at radius 2 is 2.04 bits per heavy atom. The third-order valence-electron chi connectivity index (χ3n) is 4.47. The van der Waals surface area contributed by atoms with E-state index in [2.05, 4.69) is 0 Å². The summed E-state index contributed by atoms with van der Waals surface area (Å²) in [7, 11) is 0. The standard InChI is InChI=1S/C17H19NO4S/c19-16(18-7-5-17(6-8-18)22-9-10-23-17)4-2-13-1-3-14-15(11-13)21-12-20-14/h1-4,11H,5-10,12H2. The molecule has 6 heteroatoms. The second-order valence-corrected chi connectivity index (χ2v) is 7.32. The number of piperidine rings is 1. The lowest BCUT2D eigenvalue weighted by molar-refractivity contribution is -0.128. The Morgan fingerprint density at radius 1 is 1.22 bits per heavy atom. The van der Waals surface area contributed by atoms with E-state index in [0.717, 1.165) is 55.4 Å². The highest BCUT2D eigenvalue weighted by molar-refractivity contribution is 8.00. The third-order valence-corrected chi connectivity index (χ3v) is 5.89. The van der Waals surface area contributed by atoms with Crippen LogP contribution in [-0.2, 0) is 9.53 Å². The van der Waals surface area contributed by atoms with Crippen LogP contribution in [0.4, 0.5) is 0 Å². The number of benzene rings is 1. The van der Waals surface area contributed by atoms with Crippen molar-refractivity contribution in [2.75, 3.05) is 32.2 Å². The van der Waals surface area contributed by atoms with E-state index in [1.165, 1.54) is 0 Å². The zero-order valence-electron chi connectivity index (χ0n) is 12.8. The van der Waals surface area contributed by atoms with Crippen molar-refractivity contribution in [1.29, 1.82) is 0 Å². The normalized spacial score (nSPS) is 22.2. The molecule has 1 amide bonds. The quantitative estimate of drug-likeness (QED) is 0.778. The first-order chi connectivity index (χ1) is 11.2. The van der Waals surface area contributed by atoms with Gasteiger partial charge in [-0.05, 0) is 23.8 Å². The number of carbonyl (C=O) groups excluding carboxylic acids is 1. The number of nitrogens with zero attached hydrogens (tertiary/aromatic N) is 1. The first-order valence-corrected chi connectivity index (χ1v) is 8.87. The zero-order chi connectivity index (χ0) is 15.7. The topological polar surface area (TPSA) is 48.0 Å². The van der Waals surface area contributed by atoms with E-state index in [1.807, 2.05) is 40.9 Å². The van der Waals surface area contributed by atoms with Crippen LogP contribution in [0.3, 0.4) is 0 Å². The van der Waals surface area contributed by atoms with E-state index in [-0.39, 0.29) is 17.6 Å². The lowest BCUT2D eigenvalue weighted by Gasteiger charge is -2.37. The summed E-state index contributed by atoms with van der Waals surface area (Å²) in [6, 6.07) is 5.68. The average Bonchev–Trinajstić information content (AvgIpc) is 3.22. The van der Waals surface area contributed by atoms with Gasteiger partial charge in [-0.25, -0.2) is 0 Å². The summed E-state index contributed by atoms with van der Waals surface area (Å²) in [5, 5.41) is 0. The molecule has 0 bridgehead atoms. The summed E-state index contributed by atoms with van der Waals surface area (Å²) in [6.45, 7) is 2.62. The largest absolute Gasteiger partial charge is 0.454 e. The van der Waals surface area contributed by atoms with Crippen molar-refractivity contribution >= 4 is 23.7 Å². The molecule has 0 aliphatic carbocycles. The van der Waals surface area contributed by atoms with E-state index in [0.29, 0.717) is 0 Å². The maximum Gasteiger partial charge on any atom is 0.246 e. The van der Waals surface area contributed by atoms with Crippen LogP contribution in [0, 0.1) is 0 Å². The number of hydrogen-bond acceptors (Lipinski definition) is 5. The van der Waals surface area contributed by atoms with Crippen LogP contribution in [-0.4, -0.2) is 48.0 Å². The maximum absolute atomic E-state index is 12.3. The molecule has 0 radical (unpaired) electrons. The fraction of sp³-hybridized carbons (Fsp3) is 0.471. The van der Waals surface area contributed by atoms with Crippen LogP contribution in [0.1, 0.15) is 18.4 Å². The van der Waals surface area contributed by atoms with Crippen molar-refractivity contribution in [3.05, 3.63) is 29.8 Å². The second kappa shape index (κ2) is 6.09. The Kier molecular flexibility index (Phi) is 3.95. The third kappa shape index (κ3) is 3.05. The van der Waals surface area contributed by atoms with Crippen molar-refractivity contribution in [3.63, 3.8) is 0 Å². The molecule has 0 saturated carbocycles. The Balaban J connectivity index is 1.36. The van der Waals surface area contributed by atoms with Gasteiger partial charge in [0.25, 0.3) is 0 Å². The SMILES string of the molecule is O=C(C=Cc1ccc2c(c1)OCO2)N1CCC2(CC1)OCCS2. The number of amides is 1. The molecule has 2 saturated heterocycles. The summed E-state index contributed by atoms with van der Waals surface area (Å²) in [6.07, 6.45) is 5.30. The fourth-order valence-electron chi connectivity index (χ4n) is 3.14. The van der Waals surface area contributed by atoms with E-state index in [1.54, 1.807) is 6.08 Å². The maximum atomic E-state index is 12.3. The van der Waals surface area contributed by atoms with Gasteiger partial charge in [-0.1, -0.05) is 6.07 Å². The minimum atomic E-state index is -0.0299. The van der Waals surface area contributed by atoms with Gasteiger partial charge in [0.1, 0.15) is 4.93 Å². The van der Waals surface area contributed by atoms with E-state index in [9.17, 15) is 4.79 Å². The lowest BCUT2D eigenvalue weighted by atomic mass is 10.1. The van der Waals surface area contributed by atoms with Crippen LogP contribution in [0.15, 0.2) is 24.3 Å². The number of hydrogen-bond donors (Lipinski definition) is 0. The lowest BCUT2D eigenvalue weighted by Crippen LogP contribution is -2.44. The van der Waals surface area contributed by atoms with Crippen LogP contribution in [0.2, 0.25) is 0 Å². The molecule has 4 rings (SSSR count). The predicted octanol–water partition coefficient (Wildman–Crippen LogP) is 2.51. The number of fused-ring (bicyclic) bond motifs is 1. The molecule has 122 valence electrons. The van der Waals surface area contributed by atoms with Gasteiger partial charge in [-0.2, -0.15) is 0 Å². The highest BCUT2D eigenvalue weighted by Crippen LogP contribution is 2.41. The Labute approximate surface area is 139 Å². The summed E-state index contributed by atoms with van der Waals surface area (Å²) >= 11 is 1.90. The van der Waals surface area contributed by atoms with Gasteiger partial charge in [-0.15, -0.1) is 11.8 Å². The number of carbonyl (C=O) groups is 1. The molecule has 0 unspecified atom stereocenters. The van der Waals surface area contributed by atoms with Crippen LogP contribution in [0.5, 0.6) is 11.5 Å². The van der Waals surface area contributed by atoms with Gasteiger partial charge in [0.2, 0.25) is 12.7 Å². The van der Waals surface area contributed by atoms with Gasteiger partial charge in [-0.3, -0.25) is 4.79 Å². The first kappa shape index (κ1) is 14.9. The van der Waals surface area contributed by atoms with Crippen molar-refractivity contribution in [2.24, 2.45) is 0 Å². The minimum Gasteiger partial charge on any atom is -0.454 e. The Hall–Kier alpha value is -1.66. The number of rotatable bonds is 2. The molecular formula is C17H19NO4S. The van der Waals surface area contributed by atoms with Crippen molar-refractivity contribution < 1.29 is 19.0 Å². The van der Waals surface area contributed by atoms with Gasteiger partial charge < -0.3 is 19.1 Å². The van der Waals surface area contributed by atoms with Gasteiger partial charge in [0.15, 0.2) is 11.5 Å². The first-order valence-electron chi connectivity index (χ1n) is 7.89. The molecule has 0 N–H and O–H groups in total. The summed E-state index contributed by atoms with van der Waals surface area (Å²) in [5.74, 6) is 2.61. The molecule has 1 aromatic carbocycles. The highest BCUT2D eigenvalue weighted by Gasteiger charge is 2.39. The van der Waals surface area contributed by atoms with E-state index >= 15 is 0 Å². The van der Waals surface area contributed by atoms with Crippen LogP contribution in [0.25, 0.3) is 6.08 Å². The van der Waals surface area contributed by atoms with E-state index < -0.39 is 0 Å². The molecule has 0 atom stereocenters. The van der Waals surface area contributed by atoms with E-state index in [4.69, 9.17) is 14.2 Å². The van der Waals surface area contributed by atoms with Crippen molar-refractivity contribution in [3.8, 4) is 11.5 Å². The predicted molar refractivity (Wildman–Crippen MR) is 88.6 cm³/mol. The molecule has 2 fully saturated rings.